The van der Waals surface area contributed by atoms with Crippen molar-refractivity contribution in [2.45, 2.75) is 19.9 Å². The van der Waals surface area contributed by atoms with Gasteiger partial charge in [-0.05, 0) is 47.5 Å². The van der Waals surface area contributed by atoms with E-state index in [9.17, 15) is 0 Å². The molecule has 1 unspecified atom stereocenters. The maximum absolute atomic E-state index is 6.05. The van der Waals surface area contributed by atoms with Gasteiger partial charge in [-0.1, -0.05) is 6.07 Å². The smallest absolute Gasteiger partial charge is 0.231 e. The summed E-state index contributed by atoms with van der Waals surface area (Å²) in [4.78, 5) is 0. The third kappa shape index (κ3) is 1.96. The first kappa shape index (κ1) is 12.3. The molecule has 0 saturated heterocycles. The first-order chi connectivity index (χ1) is 9.08. The number of aryl methyl sites for hydroxylation is 1. The van der Waals surface area contributed by atoms with E-state index in [2.05, 4.69) is 21.0 Å². The fourth-order valence-corrected chi connectivity index (χ4v) is 2.42. The molecule has 0 bridgehead atoms. The lowest BCUT2D eigenvalue weighted by Gasteiger charge is -2.14. The fourth-order valence-electron chi connectivity index (χ4n) is 2.15. The van der Waals surface area contributed by atoms with E-state index in [-0.39, 0.29) is 12.8 Å². The highest BCUT2D eigenvalue weighted by atomic mass is 79.9. The fraction of sp³-hybridized carbons (Fsp3) is 0.308. The van der Waals surface area contributed by atoms with Crippen LogP contribution in [0, 0.1) is 6.92 Å². The average Bonchev–Trinajstić information content (AvgIpc) is 2.97. The summed E-state index contributed by atoms with van der Waals surface area (Å²) in [5, 5.41) is 4.45. The van der Waals surface area contributed by atoms with Crippen molar-refractivity contribution in [2.75, 3.05) is 12.5 Å². The number of nitrogen functional groups attached to an aromatic ring is 1. The zero-order chi connectivity index (χ0) is 13.6. The van der Waals surface area contributed by atoms with Crippen LogP contribution in [0.2, 0.25) is 0 Å². The Bertz CT molecular complexity index is 639. The maximum atomic E-state index is 6.05. The minimum atomic E-state index is 0.0273. The first-order valence-electron chi connectivity index (χ1n) is 5.97. The molecule has 0 saturated carbocycles. The predicted octanol–water partition coefficient (Wildman–Crippen LogP) is 2.87. The van der Waals surface area contributed by atoms with Gasteiger partial charge < -0.3 is 15.2 Å². The molecular formula is C13H14BrN3O2. The van der Waals surface area contributed by atoms with Crippen LogP contribution in [0.15, 0.2) is 22.7 Å². The van der Waals surface area contributed by atoms with Gasteiger partial charge in [-0.2, -0.15) is 5.10 Å². The molecule has 19 heavy (non-hydrogen) atoms. The van der Waals surface area contributed by atoms with Crippen molar-refractivity contribution in [3.63, 3.8) is 0 Å². The van der Waals surface area contributed by atoms with E-state index < -0.39 is 0 Å². The number of rotatable bonds is 2. The molecule has 1 aliphatic rings. The minimum Gasteiger partial charge on any atom is -0.454 e. The van der Waals surface area contributed by atoms with Crippen LogP contribution in [0.25, 0.3) is 0 Å². The molecule has 0 amide bonds. The number of aromatic nitrogens is 2. The number of ether oxygens (including phenoxy) is 2. The summed E-state index contributed by atoms with van der Waals surface area (Å²) in [6, 6.07) is 5.91. The summed E-state index contributed by atoms with van der Waals surface area (Å²) >= 11 is 3.44. The molecule has 1 atom stereocenters. The van der Waals surface area contributed by atoms with E-state index in [1.54, 1.807) is 4.68 Å². The number of halogens is 1. The number of nitrogens with zero attached hydrogens (tertiary/aromatic N) is 2. The highest BCUT2D eigenvalue weighted by Crippen LogP contribution is 2.36. The lowest BCUT2D eigenvalue weighted by molar-refractivity contribution is 0.174. The van der Waals surface area contributed by atoms with Crippen LogP contribution in [-0.4, -0.2) is 16.6 Å². The zero-order valence-corrected chi connectivity index (χ0v) is 12.3. The predicted molar refractivity (Wildman–Crippen MR) is 75.5 cm³/mol. The SMILES string of the molecule is Cc1nn(C(C)c2ccc3c(c2)OCO3)c(N)c1Br. The van der Waals surface area contributed by atoms with Crippen molar-refractivity contribution in [3.05, 3.63) is 33.9 Å². The number of anilines is 1. The van der Waals surface area contributed by atoms with Crippen LogP contribution < -0.4 is 15.2 Å². The van der Waals surface area contributed by atoms with Crippen LogP contribution >= 0.6 is 15.9 Å². The van der Waals surface area contributed by atoms with Crippen molar-refractivity contribution in [1.82, 2.24) is 9.78 Å². The number of hydrogen-bond donors (Lipinski definition) is 1. The van der Waals surface area contributed by atoms with Crippen LogP contribution in [0.1, 0.15) is 24.2 Å². The van der Waals surface area contributed by atoms with Gasteiger partial charge in [-0.25, -0.2) is 4.68 Å². The lowest BCUT2D eigenvalue weighted by Crippen LogP contribution is -2.11. The summed E-state index contributed by atoms with van der Waals surface area (Å²) in [7, 11) is 0. The topological polar surface area (TPSA) is 62.3 Å². The van der Waals surface area contributed by atoms with Crippen LogP contribution in [0.3, 0.4) is 0 Å². The highest BCUT2D eigenvalue weighted by molar-refractivity contribution is 9.10. The van der Waals surface area contributed by atoms with E-state index in [4.69, 9.17) is 15.2 Å². The Hall–Kier alpha value is -1.69. The molecule has 0 radical (unpaired) electrons. The largest absolute Gasteiger partial charge is 0.454 e. The van der Waals surface area contributed by atoms with Gasteiger partial charge in [0.25, 0.3) is 0 Å². The summed E-state index contributed by atoms with van der Waals surface area (Å²) in [5.74, 6) is 2.18. The van der Waals surface area contributed by atoms with E-state index in [0.717, 1.165) is 27.2 Å². The molecule has 3 rings (SSSR count). The highest BCUT2D eigenvalue weighted by Gasteiger charge is 2.19. The van der Waals surface area contributed by atoms with Crippen molar-refractivity contribution in [3.8, 4) is 11.5 Å². The Morgan fingerprint density at radius 3 is 2.79 bits per heavy atom. The molecule has 2 N–H and O–H groups in total. The van der Waals surface area contributed by atoms with Gasteiger partial charge in [-0.15, -0.1) is 0 Å². The van der Waals surface area contributed by atoms with Crippen LogP contribution in [0.5, 0.6) is 11.5 Å². The normalized spacial score (nSPS) is 14.7. The molecule has 0 spiro atoms. The van der Waals surface area contributed by atoms with Crippen LogP contribution in [0.4, 0.5) is 5.82 Å². The quantitative estimate of drug-likeness (QED) is 0.923. The van der Waals surface area contributed by atoms with E-state index >= 15 is 0 Å². The molecule has 2 aromatic rings. The van der Waals surface area contributed by atoms with Gasteiger partial charge in [0.1, 0.15) is 5.82 Å². The third-order valence-corrected chi connectivity index (χ3v) is 4.27. The standard InChI is InChI=1S/C13H14BrN3O2/c1-7-12(14)13(15)17(16-7)8(2)9-3-4-10-11(5-9)19-6-18-10/h3-5,8H,6,15H2,1-2H3. The number of nitrogens with two attached hydrogens (primary N) is 1. The van der Waals surface area contributed by atoms with Gasteiger partial charge in [0.2, 0.25) is 6.79 Å². The Kier molecular flexibility index (Phi) is 2.89. The van der Waals surface area contributed by atoms with Gasteiger partial charge in [-0.3, -0.25) is 0 Å². The molecule has 1 aromatic heterocycles. The molecule has 6 heteroatoms. The molecule has 1 aromatic carbocycles. The van der Waals surface area contributed by atoms with Crippen LogP contribution in [-0.2, 0) is 0 Å². The molecule has 0 aliphatic carbocycles. The Morgan fingerprint density at radius 2 is 2.11 bits per heavy atom. The summed E-state index contributed by atoms with van der Waals surface area (Å²) < 4.78 is 13.4. The zero-order valence-electron chi connectivity index (χ0n) is 10.7. The minimum absolute atomic E-state index is 0.0273. The maximum Gasteiger partial charge on any atom is 0.231 e. The van der Waals surface area contributed by atoms with Gasteiger partial charge in [0.15, 0.2) is 11.5 Å². The molecule has 100 valence electrons. The molecule has 0 fully saturated rings. The summed E-state index contributed by atoms with van der Waals surface area (Å²) in [5.41, 5.74) is 8.01. The summed E-state index contributed by atoms with van der Waals surface area (Å²) in [6.45, 7) is 4.25. The molecular weight excluding hydrogens is 310 g/mol. The van der Waals surface area contributed by atoms with Crippen molar-refractivity contribution in [1.29, 1.82) is 0 Å². The van der Waals surface area contributed by atoms with Crippen molar-refractivity contribution >= 4 is 21.7 Å². The van der Waals surface area contributed by atoms with Crippen molar-refractivity contribution < 1.29 is 9.47 Å². The van der Waals surface area contributed by atoms with E-state index in [0.29, 0.717) is 5.82 Å². The number of fused-ring (bicyclic) bond motifs is 1. The number of hydrogen-bond acceptors (Lipinski definition) is 4. The van der Waals surface area contributed by atoms with Gasteiger partial charge >= 0.3 is 0 Å². The monoisotopic (exact) mass is 323 g/mol. The van der Waals surface area contributed by atoms with Gasteiger partial charge in [0.05, 0.1) is 16.2 Å². The molecule has 1 aliphatic heterocycles. The Morgan fingerprint density at radius 1 is 1.37 bits per heavy atom. The summed E-state index contributed by atoms with van der Waals surface area (Å²) in [6.07, 6.45) is 0. The van der Waals surface area contributed by atoms with E-state index in [1.165, 1.54) is 0 Å². The average molecular weight is 324 g/mol. The Labute approximate surface area is 119 Å². The second-order valence-electron chi connectivity index (χ2n) is 4.52. The molecule has 5 nitrogen and oxygen atoms in total. The first-order valence-corrected chi connectivity index (χ1v) is 6.77. The number of benzene rings is 1. The third-order valence-electron chi connectivity index (χ3n) is 3.29. The second-order valence-corrected chi connectivity index (χ2v) is 5.31. The van der Waals surface area contributed by atoms with E-state index in [1.807, 2.05) is 32.0 Å². The van der Waals surface area contributed by atoms with Gasteiger partial charge in [0, 0.05) is 0 Å². The molecule has 2 heterocycles. The van der Waals surface area contributed by atoms with Crippen molar-refractivity contribution in [2.24, 2.45) is 0 Å². The lowest BCUT2D eigenvalue weighted by atomic mass is 10.1. The Balaban J connectivity index is 1.99. The second kappa shape index (κ2) is 4.45.